The average Bonchev–Trinajstić information content (AvgIpc) is 3.07. The molecule has 1 aliphatic carbocycles. The van der Waals surface area contributed by atoms with Crippen molar-refractivity contribution in [2.24, 2.45) is 5.92 Å². The van der Waals surface area contributed by atoms with Crippen LogP contribution in [0.1, 0.15) is 44.1 Å². The summed E-state index contributed by atoms with van der Waals surface area (Å²) >= 11 is 0. The van der Waals surface area contributed by atoms with Crippen LogP contribution in [-0.4, -0.2) is 57.9 Å². The molecule has 160 valence electrons. The third-order valence-electron chi connectivity index (χ3n) is 5.73. The SMILES string of the molecule is CCn1ccnc1CN(C)Cc1cnc(S(=O)(=O)CC2CC2)n1C[C@H]1CCCO1. The molecule has 2 aliphatic rings. The molecule has 0 aromatic carbocycles. The standard InChI is InChI=1S/C20H31N5O3S/c1-3-24-9-8-21-19(24)14-23(2)12-17-11-22-20(29(26,27)15-16-6-7-16)25(17)13-18-5-4-10-28-18/h8-9,11,16,18H,3-7,10,12-15H2,1-2H3/t18-/m1/s1. The summed E-state index contributed by atoms with van der Waals surface area (Å²) in [5, 5.41) is 0.207. The zero-order valence-electron chi connectivity index (χ0n) is 17.3. The molecule has 29 heavy (non-hydrogen) atoms. The maximum absolute atomic E-state index is 13.0. The summed E-state index contributed by atoms with van der Waals surface area (Å²) in [6, 6.07) is 0. The second-order valence-electron chi connectivity index (χ2n) is 8.30. The maximum Gasteiger partial charge on any atom is 0.227 e. The molecule has 1 saturated carbocycles. The molecular weight excluding hydrogens is 390 g/mol. The van der Waals surface area contributed by atoms with E-state index in [4.69, 9.17) is 4.74 Å². The van der Waals surface area contributed by atoms with Gasteiger partial charge >= 0.3 is 0 Å². The molecule has 0 N–H and O–H groups in total. The van der Waals surface area contributed by atoms with Crippen LogP contribution in [0.15, 0.2) is 23.7 Å². The molecule has 0 spiro atoms. The molecule has 8 nitrogen and oxygen atoms in total. The van der Waals surface area contributed by atoms with E-state index in [1.54, 1.807) is 6.20 Å². The van der Waals surface area contributed by atoms with Gasteiger partial charge in [-0.05, 0) is 45.6 Å². The first-order valence-corrected chi connectivity index (χ1v) is 12.2. The zero-order valence-corrected chi connectivity index (χ0v) is 18.1. The number of aryl methyl sites for hydroxylation is 1. The van der Waals surface area contributed by atoms with Gasteiger partial charge in [0.1, 0.15) is 5.82 Å². The predicted octanol–water partition coefficient (Wildman–Crippen LogP) is 2.09. The minimum Gasteiger partial charge on any atom is -0.376 e. The number of sulfone groups is 1. The number of hydrogen-bond donors (Lipinski definition) is 0. The fourth-order valence-corrected chi connectivity index (χ4v) is 5.82. The molecule has 1 atom stereocenters. The summed E-state index contributed by atoms with van der Waals surface area (Å²) in [6.45, 7) is 5.57. The highest BCUT2D eigenvalue weighted by atomic mass is 32.2. The van der Waals surface area contributed by atoms with Crippen molar-refractivity contribution >= 4 is 9.84 Å². The number of imidazole rings is 2. The van der Waals surface area contributed by atoms with Crippen molar-refractivity contribution in [2.45, 2.75) is 70.0 Å². The summed E-state index contributed by atoms with van der Waals surface area (Å²) < 4.78 is 35.7. The normalized spacial score (nSPS) is 20.0. The highest BCUT2D eigenvalue weighted by molar-refractivity contribution is 7.91. The van der Waals surface area contributed by atoms with Crippen molar-refractivity contribution in [3.8, 4) is 0 Å². The highest BCUT2D eigenvalue weighted by Crippen LogP contribution is 2.32. The first-order chi connectivity index (χ1) is 14.0. The lowest BCUT2D eigenvalue weighted by Gasteiger charge is -2.20. The molecule has 9 heteroatoms. The van der Waals surface area contributed by atoms with Crippen LogP contribution in [0.2, 0.25) is 0 Å². The topological polar surface area (TPSA) is 82.3 Å². The van der Waals surface area contributed by atoms with Gasteiger partial charge in [-0.3, -0.25) is 4.90 Å². The number of nitrogens with zero attached hydrogens (tertiary/aromatic N) is 5. The van der Waals surface area contributed by atoms with E-state index in [0.29, 0.717) is 25.6 Å². The highest BCUT2D eigenvalue weighted by Gasteiger charge is 2.33. The Labute approximate surface area is 172 Å². The van der Waals surface area contributed by atoms with E-state index in [1.165, 1.54) is 0 Å². The Morgan fingerprint density at radius 3 is 2.76 bits per heavy atom. The van der Waals surface area contributed by atoms with Crippen molar-refractivity contribution in [1.29, 1.82) is 0 Å². The molecule has 0 bridgehead atoms. The Morgan fingerprint density at radius 2 is 2.07 bits per heavy atom. The van der Waals surface area contributed by atoms with Gasteiger partial charge in [-0.15, -0.1) is 0 Å². The second kappa shape index (κ2) is 8.57. The minimum atomic E-state index is -3.38. The van der Waals surface area contributed by atoms with E-state index in [0.717, 1.165) is 50.4 Å². The molecular formula is C20H31N5O3S. The zero-order chi connectivity index (χ0) is 20.4. The van der Waals surface area contributed by atoms with Gasteiger partial charge in [0.25, 0.3) is 0 Å². The quantitative estimate of drug-likeness (QED) is 0.584. The Balaban J connectivity index is 1.54. The smallest absolute Gasteiger partial charge is 0.227 e. The molecule has 3 heterocycles. The molecule has 2 aromatic heterocycles. The lowest BCUT2D eigenvalue weighted by molar-refractivity contribution is 0.0934. The Hall–Kier alpha value is -1.71. The van der Waals surface area contributed by atoms with Crippen LogP contribution in [0.3, 0.4) is 0 Å². The Bertz CT molecular complexity index is 926. The van der Waals surface area contributed by atoms with Gasteiger partial charge in [0.05, 0.1) is 36.8 Å². The van der Waals surface area contributed by atoms with Gasteiger partial charge in [0.2, 0.25) is 15.0 Å². The van der Waals surface area contributed by atoms with Crippen molar-refractivity contribution in [2.75, 3.05) is 19.4 Å². The van der Waals surface area contributed by atoms with Crippen LogP contribution in [-0.2, 0) is 40.8 Å². The number of hydrogen-bond acceptors (Lipinski definition) is 6. The van der Waals surface area contributed by atoms with Crippen LogP contribution >= 0.6 is 0 Å². The third kappa shape index (κ3) is 4.90. The molecule has 1 aliphatic heterocycles. The molecule has 2 fully saturated rings. The predicted molar refractivity (Wildman–Crippen MR) is 109 cm³/mol. The molecule has 0 unspecified atom stereocenters. The van der Waals surface area contributed by atoms with Gasteiger partial charge in [-0.2, -0.15) is 0 Å². The van der Waals surface area contributed by atoms with Crippen LogP contribution in [0.25, 0.3) is 0 Å². The Morgan fingerprint density at radius 1 is 1.24 bits per heavy atom. The van der Waals surface area contributed by atoms with E-state index >= 15 is 0 Å². The molecule has 4 rings (SSSR count). The van der Waals surface area contributed by atoms with E-state index in [9.17, 15) is 8.42 Å². The molecule has 0 radical (unpaired) electrons. The van der Waals surface area contributed by atoms with E-state index in [1.807, 2.05) is 24.0 Å². The van der Waals surface area contributed by atoms with Crippen molar-refractivity contribution in [1.82, 2.24) is 24.0 Å². The molecule has 0 amide bonds. The van der Waals surface area contributed by atoms with Crippen LogP contribution in [0.4, 0.5) is 0 Å². The average molecular weight is 422 g/mol. The largest absolute Gasteiger partial charge is 0.376 e. The summed E-state index contributed by atoms with van der Waals surface area (Å²) in [5.74, 6) is 1.51. The third-order valence-corrected chi connectivity index (χ3v) is 7.52. The first kappa shape index (κ1) is 20.6. The van der Waals surface area contributed by atoms with E-state index < -0.39 is 9.84 Å². The second-order valence-corrected chi connectivity index (χ2v) is 10.2. The number of rotatable bonds is 10. The molecule has 1 saturated heterocycles. The van der Waals surface area contributed by atoms with Gasteiger partial charge in [-0.25, -0.2) is 18.4 Å². The van der Waals surface area contributed by atoms with Gasteiger partial charge in [0, 0.05) is 32.1 Å². The van der Waals surface area contributed by atoms with Gasteiger partial charge in [0.15, 0.2) is 0 Å². The molecule has 2 aromatic rings. The van der Waals surface area contributed by atoms with Gasteiger partial charge in [-0.1, -0.05) is 0 Å². The lowest BCUT2D eigenvalue weighted by Crippen LogP contribution is -2.26. The number of aromatic nitrogens is 4. The minimum absolute atomic E-state index is 0.0575. The van der Waals surface area contributed by atoms with Crippen LogP contribution < -0.4 is 0 Å². The van der Waals surface area contributed by atoms with E-state index in [-0.39, 0.29) is 17.0 Å². The fourth-order valence-electron chi connectivity index (χ4n) is 3.98. The summed E-state index contributed by atoms with van der Waals surface area (Å²) in [7, 11) is -1.36. The lowest BCUT2D eigenvalue weighted by atomic mass is 10.2. The van der Waals surface area contributed by atoms with Crippen molar-refractivity contribution in [3.63, 3.8) is 0 Å². The first-order valence-electron chi connectivity index (χ1n) is 10.5. The number of ether oxygens (including phenoxy) is 1. The summed E-state index contributed by atoms with van der Waals surface area (Å²) in [6.07, 6.45) is 9.57. The van der Waals surface area contributed by atoms with E-state index in [2.05, 4.69) is 26.4 Å². The summed E-state index contributed by atoms with van der Waals surface area (Å²) in [4.78, 5) is 11.0. The fraction of sp³-hybridized carbons (Fsp3) is 0.700. The van der Waals surface area contributed by atoms with Crippen LogP contribution in [0.5, 0.6) is 0 Å². The van der Waals surface area contributed by atoms with Crippen LogP contribution in [0, 0.1) is 5.92 Å². The van der Waals surface area contributed by atoms with Crippen molar-refractivity contribution in [3.05, 3.63) is 30.1 Å². The van der Waals surface area contributed by atoms with Crippen molar-refractivity contribution < 1.29 is 13.2 Å². The summed E-state index contributed by atoms with van der Waals surface area (Å²) in [5.41, 5.74) is 0.909. The Kier molecular flexibility index (Phi) is 6.08. The monoisotopic (exact) mass is 421 g/mol. The van der Waals surface area contributed by atoms with Gasteiger partial charge < -0.3 is 13.9 Å². The maximum atomic E-state index is 13.0.